The number of hydrogen-bond donors (Lipinski definition) is 0. The molecule has 0 unspecified atom stereocenters. The van der Waals surface area contributed by atoms with E-state index in [0.717, 1.165) is 23.3 Å². The molecule has 0 amide bonds. The molecule has 0 aliphatic carbocycles. The van der Waals surface area contributed by atoms with Crippen molar-refractivity contribution in [2.45, 2.75) is 27.2 Å². The summed E-state index contributed by atoms with van der Waals surface area (Å²) in [5.41, 5.74) is 1.60. The molecule has 0 radical (unpaired) electrons. The van der Waals surface area contributed by atoms with Crippen LogP contribution in [0.25, 0.3) is 11.0 Å². The summed E-state index contributed by atoms with van der Waals surface area (Å²) in [6.45, 7) is 6.02. The zero-order valence-corrected chi connectivity index (χ0v) is 8.73. The second-order valence-electron chi connectivity index (χ2n) is 2.43. The Kier molecular flexibility index (Phi) is 3.91. The van der Waals surface area contributed by atoms with E-state index in [2.05, 4.69) is 19.9 Å². The van der Waals surface area contributed by atoms with Crippen LogP contribution in [-0.2, 0) is 6.42 Å². The van der Waals surface area contributed by atoms with Gasteiger partial charge in [-0.1, -0.05) is 20.8 Å². The maximum atomic E-state index is 4.26. The number of aryl methyl sites for hydroxylation is 1. The van der Waals surface area contributed by atoms with Crippen LogP contribution in [0, 0.1) is 0 Å². The highest BCUT2D eigenvalue weighted by Gasteiger charge is 1.97. The number of nitrogens with zero attached hydrogens (tertiary/aromatic N) is 4. The van der Waals surface area contributed by atoms with Gasteiger partial charge in [0.05, 0.1) is 12.4 Å². The molecule has 0 aliphatic heterocycles. The van der Waals surface area contributed by atoms with Crippen molar-refractivity contribution in [2.75, 3.05) is 0 Å². The first kappa shape index (κ1) is 10.5. The first-order valence-corrected chi connectivity index (χ1v) is 4.82. The minimum absolute atomic E-state index is 0.794. The lowest BCUT2D eigenvalue weighted by atomic mass is 10.4. The molecule has 2 heterocycles. The van der Waals surface area contributed by atoms with Crippen molar-refractivity contribution >= 4 is 11.0 Å². The lowest BCUT2D eigenvalue weighted by Crippen LogP contribution is -1.93. The summed E-state index contributed by atoms with van der Waals surface area (Å²) < 4.78 is 0. The summed E-state index contributed by atoms with van der Waals surface area (Å²) in [5, 5.41) is 0. The molecule has 0 bridgehead atoms. The van der Waals surface area contributed by atoms with Crippen LogP contribution in [0.3, 0.4) is 0 Å². The molecule has 0 aliphatic rings. The summed E-state index contributed by atoms with van der Waals surface area (Å²) in [4.78, 5) is 16.3. The molecule has 0 N–H and O–H groups in total. The molecule has 2 aromatic heterocycles. The van der Waals surface area contributed by atoms with Crippen LogP contribution in [0.15, 0.2) is 18.7 Å². The third-order valence-electron chi connectivity index (χ3n) is 1.62. The monoisotopic (exact) mass is 190 g/mol. The minimum atomic E-state index is 0.794. The van der Waals surface area contributed by atoms with Crippen molar-refractivity contribution in [3.8, 4) is 0 Å². The van der Waals surface area contributed by atoms with E-state index in [9.17, 15) is 0 Å². The highest BCUT2D eigenvalue weighted by molar-refractivity contribution is 5.71. The topological polar surface area (TPSA) is 51.6 Å². The molecule has 4 heteroatoms. The Balaban J connectivity index is 0.000000461. The Bertz CT molecular complexity index is 400. The van der Waals surface area contributed by atoms with Gasteiger partial charge < -0.3 is 0 Å². The van der Waals surface area contributed by atoms with E-state index >= 15 is 0 Å². The normalized spacial score (nSPS) is 9.36. The summed E-state index contributed by atoms with van der Waals surface area (Å²) >= 11 is 0. The Hall–Kier alpha value is -1.58. The highest BCUT2D eigenvalue weighted by atomic mass is 14.9. The highest BCUT2D eigenvalue weighted by Crippen LogP contribution is 2.04. The molecule has 2 rings (SSSR count). The molecule has 0 atom stereocenters. The van der Waals surface area contributed by atoms with Gasteiger partial charge in [-0.2, -0.15) is 0 Å². The van der Waals surface area contributed by atoms with Crippen LogP contribution in [0.2, 0.25) is 0 Å². The largest absolute Gasteiger partial charge is 0.243 e. The fourth-order valence-corrected chi connectivity index (χ4v) is 0.991. The molecule has 0 saturated carbocycles. The number of hydrogen-bond acceptors (Lipinski definition) is 4. The molecule has 2 aromatic rings. The zero-order valence-electron chi connectivity index (χ0n) is 8.73. The van der Waals surface area contributed by atoms with Gasteiger partial charge in [0.25, 0.3) is 0 Å². The molecule has 0 saturated heterocycles. The minimum Gasteiger partial charge on any atom is -0.243 e. The molecule has 14 heavy (non-hydrogen) atoms. The van der Waals surface area contributed by atoms with Crippen molar-refractivity contribution in [1.82, 2.24) is 19.9 Å². The molecule has 0 fully saturated rings. The predicted molar refractivity (Wildman–Crippen MR) is 55.9 cm³/mol. The number of rotatable bonds is 1. The van der Waals surface area contributed by atoms with Crippen molar-refractivity contribution in [2.24, 2.45) is 0 Å². The molecule has 0 aromatic carbocycles. The van der Waals surface area contributed by atoms with Gasteiger partial charge in [-0.05, 0) is 0 Å². The Morgan fingerprint density at radius 1 is 1.07 bits per heavy atom. The number of fused-ring (bicyclic) bond motifs is 1. The Morgan fingerprint density at radius 2 is 1.86 bits per heavy atom. The van der Waals surface area contributed by atoms with Crippen molar-refractivity contribution in [3.05, 3.63) is 24.5 Å². The predicted octanol–water partition coefficient (Wildman–Crippen LogP) is 2.01. The van der Waals surface area contributed by atoms with Crippen LogP contribution in [0.4, 0.5) is 0 Å². The van der Waals surface area contributed by atoms with Crippen LogP contribution >= 0.6 is 0 Å². The third kappa shape index (κ3) is 2.22. The van der Waals surface area contributed by atoms with E-state index in [1.54, 1.807) is 12.4 Å². The van der Waals surface area contributed by atoms with Crippen molar-refractivity contribution < 1.29 is 0 Å². The molecule has 74 valence electrons. The molecular weight excluding hydrogens is 176 g/mol. The van der Waals surface area contributed by atoms with Gasteiger partial charge in [0.1, 0.15) is 23.2 Å². The molecule has 0 spiro atoms. The van der Waals surface area contributed by atoms with Crippen LogP contribution in [-0.4, -0.2) is 19.9 Å². The Labute approximate surface area is 83.5 Å². The first-order valence-electron chi connectivity index (χ1n) is 4.82. The average Bonchev–Trinajstić information content (AvgIpc) is 2.31. The average molecular weight is 190 g/mol. The third-order valence-corrected chi connectivity index (χ3v) is 1.62. The van der Waals surface area contributed by atoms with E-state index in [1.807, 2.05) is 20.8 Å². The fraction of sp³-hybridized carbons (Fsp3) is 0.400. The van der Waals surface area contributed by atoms with Crippen LogP contribution < -0.4 is 0 Å². The van der Waals surface area contributed by atoms with E-state index in [4.69, 9.17) is 0 Å². The first-order chi connectivity index (χ1) is 6.90. The summed E-state index contributed by atoms with van der Waals surface area (Å²) in [5.74, 6) is 0.831. The van der Waals surface area contributed by atoms with Gasteiger partial charge in [0.15, 0.2) is 0 Å². The van der Waals surface area contributed by atoms with Gasteiger partial charge >= 0.3 is 0 Å². The lowest BCUT2D eigenvalue weighted by molar-refractivity contribution is 0.953. The SMILES string of the molecule is CC.CCc1ncc2ncncc2n1. The van der Waals surface area contributed by atoms with Crippen molar-refractivity contribution in [1.29, 1.82) is 0 Å². The van der Waals surface area contributed by atoms with E-state index in [-0.39, 0.29) is 0 Å². The van der Waals surface area contributed by atoms with Gasteiger partial charge in [-0.15, -0.1) is 0 Å². The van der Waals surface area contributed by atoms with Gasteiger partial charge in [-0.25, -0.2) is 19.9 Å². The van der Waals surface area contributed by atoms with Gasteiger partial charge in [-0.3, -0.25) is 0 Å². The summed E-state index contributed by atoms with van der Waals surface area (Å²) in [6.07, 6.45) is 5.76. The lowest BCUT2D eigenvalue weighted by Gasteiger charge is -1.96. The quantitative estimate of drug-likeness (QED) is 0.690. The number of aromatic nitrogens is 4. The standard InChI is InChI=1S/C8H8N4.C2H6/c1-2-8-10-4-6-7(12-8)3-9-5-11-6;1-2/h3-5H,2H2,1H3;1-2H3. The van der Waals surface area contributed by atoms with Gasteiger partial charge in [0, 0.05) is 6.42 Å². The second kappa shape index (κ2) is 5.21. The zero-order chi connectivity index (χ0) is 10.4. The second-order valence-corrected chi connectivity index (χ2v) is 2.43. The molecular formula is C10H14N4. The summed E-state index contributed by atoms with van der Waals surface area (Å²) in [6, 6.07) is 0. The van der Waals surface area contributed by atoms with E-state index in [0.29, 0.717) is 0 Å². The van der Waals surface area contributed by atoms with Gasteiger partial charge in [0.2, 0.25) is 0 Å². The smallest absolute Gasteiger partial charge is 0.128 e. The van der Waals surface area contributed by atoms with Crippen molar-refractivity contribution in [3.63, 3.8) is 0 Å². The van der Waals surface area contributed by atoms with Crippen LogP contribution in [0.1, 0.15) is 26.6 Å². The fourth-order valence-electron chi connectivity index (χ4n) is 0.991. The molecule has 4 nitrogen and oxygen atoms in total. The maximum Gasteiger partial charge on any atom is 0.128 e. The van der Waals surface area contributed by atoms with E-state index < -0.39 is 0 Å². The van der Waals surface area contributed by atoms with Crippen LogP contribution in [0.5, 0.6) is 0 Å². The summed E-state index contributed by atoms with van der Waals surface area (Å²) in [7, 11) is 0. The van der Waals surface area contributed by atoms with E-state index in [1.165, 1.54) is 6.33 Å². The maximum absolute atomic E-state index is 4.26. The Morgan fingerprint density at radius 3 is 2.57 bits per heavy atom.